The van der Waals surface area contributed by atoms with Crippen LogP contribution in [0, 0.1) is 11.3 Å². The average Bonchev–Trinajstić information content (AvgIpc) is 3.01. The van der Waals surface area contributed by atoms with Gasteiger partial charge in [0, 0.05) is 5.02 Å². The maximum Gasteiger partial charge on any atom is 0.344 e. The van der Waals surface area contributed by atoms with Crippen LogP contribution in [0.5, 0.6) is 5.75 Å². The molecule has 6 nitrogen and oxygen atoms in total. The fourth-order valence-electron chi connectivity index (χ4n) is 2.46. The van der Waals surface area contributed by atoms with E-state index in [1.54, 1.807) is 6.07 Å². The van der Waals surface area contributed by atoms with Gasteiger partial charge in [0.25, 0.3) is 5.91 Å². The van der Waals surface area contributed by atoms with Crippen molar-refractivity contribution in [1.29, 1.82) is 5.26 Å². The molecule has 0 saturated heterocycles. The van der Waals surface area contributed by atoms with Gasteiger partial charge in [-0.25, -0.2) is 4.79 Å². The number of ether oxygens (including phenoxy) is 2. The van der Waals surface area contributed by atoms with E-state index in [-0.39, 0.29) is 10.8 Å². The summed E-state index contributed by atoms with van der Waals surface area (Å²) in [4.78, 5) is 23.4. The van der Waals surface area contributed by atoms with Crippen molar-refractivity contribution in [2.75, 3.05) is 13.2 Å². The van der Waals surface area contributed by atoms with Crippen LogP contribution in [0.3, 0.4) is 0 Å². The van der Waals surface area contributed by atoms with Gasteiger partial charge in [-0.15, -0.1) is 0 Å². The van der Waals surface area contributed by atoms with Crippen LogP contribution < -0.4 is 10.1 Å². The fourth-order valence-corrected chi connectivity index (χ4v) is 2.93. The minimum Gasteiger partial charge on any atom is -0.480 e. The summed E-state index contributed by atoms with van der Waals surface area (Å²) >= 11 is 11.7. The zero-order valence-electron chi connectivity index (χ0n) is 12.8. The smallest absolute Gasteiger partial charge is 0.344 e. The molecule has 1 aliphatic rings. The van der Waals surface area contributed by atoms with Gasteiger partial charge in [0.05, 0.1) is 11.1 Å². The van der Waals surface area contributed by atoms with Crippen LogP contribution in [0.1, 0.15) is 25.7 Å². The molecule has 8 heteroatoms. The number of nitrogens with one attached hydrogen (secondary N) is 1. The van der Waals surface area contributed by atoms with Gasteiger partial charge in [0.2, 0.25) is 0 Å². The lowest BCUT2D eigenvalue weighted by atomic mass is 10.00. The Hall–Kier alpha value is -1.97. The monoisotopic (exact) mass is 370 g/mol. The van der Waals surface area contributed by atoms with Gasteiger partial charge in [-0.1, -0.05) is 23.2 Å². The first-order valence-electron chi connectivity index (χ1n) is 7.40. The minimum atomic E-state index is -0.836. The van der Waals surface area contributed by atoms with E-state index in [0.29, 0.717) is 17.9 Å². The summed E-state index contributed by atoms with van der Waals surface area (Å²) in [5.74, 6) is -0.929. The molecule has 128 valence electrons. The highest BCUT2D eigenvalue weighted by atomic mass is 35.5. The van der Waals surface area contributed by atoms with E-state index in [9.17, 15) is 14.9 Å². The Morgan fingerprint density at radius 2 is 1.96 bits per heavy atom. The molecule has 1 aromatic rings. The maximum atomic E-state index is 11.8. The number of carbonyl (C=O) groups excluding carboxylic acids is 2. The Morgan fingerprint density at radius 3 is 2.58 bits per heavy atom. The van der Waals surface area contributed by atoms with Crippen molar-refractivity contribution in [3.8, 4) is 11.8 Å². The van der Waals surface area contributed by atoms with Crippen molar-refractivity contribution in [3.63, 3.8) is 0 Å². The second kappa shape index (κ2) is 8.22. The second-order valence-electron chi connectivity index (χ2n) is 5.47. The number of carbonyl (C=O) groups is 2. The highest BCUT2D eigenvalue weighted by Crippen LogP contribution is 2.29. The van der Waals surface area contributed by atoms with Gasteiger partial charge in [0.15, 0.2) is 13.2 Å². The van der Waals surface area contributed by atoms with Gasteiger partial charge < -0.3 is 14.8 Å². The van der Waals surface area contributed by atoms with Crippen molar-refractivity contribution >= 4 is 35.1 Å². The van der Waals surface area contributed by atoms with E-state index < -0.39 is 30.6 Å². The topological polar surface area (TPSA) is 88.4 Å². The number of hydrogen-bond acceptors (Lipinski definition) is 5. The largest absolute Gasteiger partial charge is 0.480 e. The average molecular weight is 371 g/mol. The van der Waals surface area contributed by atoms with Crippen LogP contribution >= 0.6 is 23.2 Å². The molecular formula is C16H16Cl2N2O4. The van der Waals surface area contributed by atoms with Crippen molar-refractivity contribution in [2.24, 2.45) is 0 Å². The molecule has 1 N–H and O–H groups in total. The molecular weight excluding hydrogens is 355 g/mol. The summed E-state index contributed by atoms with van der Waals surface area (Å²) in [7, 11) is 0. The van der Waals surface area contributed by atoms with Crippen molar-refractivity contribution in [3.05, 3.63) is 28.2 Å². The highest BCUT2D eigenvalue weighted by Gasteiger charge is 2.35. The predicted octanol–water partition coefficient (Wildman–Crippen LogP) is 2.87. The van der Waals surface area contributed by atoms with E-state index in [1.807, 2.05) is 0 Å². The van der Waals surface area contributed by atoms with Crippen LogP contribution in [0.2, 0.25) is 10.0 Å². The molecule has 0 aliphatic heterocycles. The highest BCUT2D eigenvalue weighted by molar-refractivity contribution is 6.35. The van der Waals surface area contributed by atoms with Crippen molar-refractivity contribution in [2.45, 2.75) is 31.2 Å². The molecule has 1 aliphatic carbocycles. The Labute approximate surface area is 149 Å². The zero-order chi connectivity index (χ0) is 17.6. The van der Waals surface area contributed by atoms with E-state index >= 15 is 0 Å². The number of nitriles is 1. The number of benzene rings is 1. The quantitative estimate of drug-likeness (QED) is 0.777. The molecule has 0 atom stereocenters. The van der Waals surface area contributed by atoms with E-state index in [1.165, 1.54) is 12.1 Å². The number of esters is 1. The number of amides is 1. The van der Waals surface area contributed by atoms with E-state index in [2.05, 4.69) is 11.4 Å². The van der Waals surface area contributed by atoms with Gasteiger partial charge in [-0.05, 0) is 43.9 Å². The predicted molar refractivity (Wildman–Crippen MR) is 87.9 cm³/mol. The molecule has 1 aromatic carbocycles. The third-order valence-electron chi connectivity index (χ3n) is 3.65. The number of halogens is 2. The zero-order valence-corrected chi connectivity index (χ0v) is 14.3. The molecule has 1 fully saturated rings. The van der Waals surface area contributed by atoms with E-state index in [4.69, 9.17) is 32.7 Å². The van der Waals surface area contributed by atoms with Crippen LogP contribution in [0.15, 0.2) is 18.2 Å². The first kappa shape index (κ1) is 18.4. The Kier molecular flexibility index (Phi) is 6.29. The lowest BCUT2D eigenvalue weighted by molar-refractivity contribution is -0.150. The van der Waals surface area contributed by atoms with Crippen molar-refractivity contribution in [1.82, 2.24) is 5.32 Å². The third-order valence-corrected chi connectivity index (χ3v) is 4.18. The summed E-state index contributed by atoms with van der Waals surface area (Å²) in [6, 6.07) is 6.72. The number of rotatable bonds is 6. The van der Waals surface area contributed by atoms with Gasteiger partial charge in [-0.2, -0.15) is 5.26 Å². The molecule has 1 amide bonds. The number of nitrogens with zero attached hydrogens (tertiary/aromatic N) is 1. The summed E-state index contributed by atoms with van der Waals surface area (Å²) in [6.45, 7) is -0.849. The fraction of sp³-hybridized carbons (Fsp3) is 0.438. The molecule has 0 heterocycles. The normalized spacial score (nSPS) is 15.4. The first-order chi connectivity index (χ1) is 11.4. The summed E-state index contributed by atoms with van der Waals surface area (Å²) < 4.78 is 10.0. The SMILES string of the molecule is N#CC1(NC(=O)COC(=O)COc2ccc(Cl)cc2Cl)CCCC1. The molecule has 0 aromatic heterocycles. The van der Waals surface area contributed by atoms with Crippen LogP contribution in [0.4, 0.5) is 0 Å². The third kappa shape index (κ3) is 5.02. The molecule has 1 saturated carbocycles. The Balaban J connectivity index is 1.74. The molecule has 0 bridgehead atoms. The van der Waals surface area contributed by atoms with Gasteiger partial charge in [0.1, 0.15) is 11.3 Å². The standard InChI is InChI=1S/C16H16Cl2N2O4/c17-11-3-4-13(12(18)7-11)23-9-15(22)24-8-14(21)20-16(10-19)5-1-2-6-16/h3-4,7H,1-2,5-6,8-9H2,(H,20,21). The number of hydrogen-bond donors (Lipinski definition) is 1. The minimum absolute atomic E-state index is 0.269. The molecule has 0 unspecified atom stereocenters. The van der Waals surface area contributed by atoms with Crippen LogP contribution in [0.25, 0.3) is 0 Å². The Bertz CT molecular complexity index is 667. The summed E-state index contributed by atoms with van der Waals surface area (Å²) in [5.41, 5.74) is -0.836. The lowest BCUT2D eigenvalue weighted by Crippen LogP contribution is -2.46. The van der Waals surface area contributed by atoms with Gasteiger partial charge in [-0.3, -0.25) is 4.79 Å². The Morgan fingerprint density at radius 1 is 1.25 bits per heavy atom. The maximum absolute atomic E-state index is 11.8. The lowest BCUT2D eigenvalue weighted by Gasteiger charge is -2.21. The van der Waals surface area contributed by atoms with E-state index in [0.717, 1.165) is 12.8 Å². The first-order valence-corrected chi connectivity index (χ1v) is 8.15. The van der Waals surface area contributed by atoms with Gasteiger partial charge >= 0.3 is 5.97 Å². The molecule has 0 radical (unpaired) electrons. The molecule has 24 heavy (non-hydrogen) atoms. The summed E-state index contributed by atoms with van der Waals surface area (Å²) in [5, 5.41) is 12.5. The summed E-state index contributed by atoms with van der Waals surface area (Å²) in [6.07, 6.45) is 3.01. The molecule has 0 spiro atoms. The van der Waals surface area contributed by atoms with Crippen molar-refractivity contribution < 1.29 is 19.1 Å². The van der Waals surface area contributed by atoms with Crippen LogP contribution in [-0.4, -0.2) is 30.6 Å². The molecule has 2 rings (SSSR count). The second-order valence-corrected chi connectivity index (χ2v) is 6.32. The van der Waals surface area contributed by atoms with Crippen LogP contribution in [-0.2, 0) is 14.3 Å².